The molecule has 1 aliphatic rings. The average Bonchev–Trinajstić information content (AvgIpc) is 2.15. The summed E-state index contributed by atoms with van der Waals surface area (Å²) in [5, 5.41) is 0. The highest BCUT2D eigenvalue weighted by Gasteiger charge is 2.33. The van der Waals surface area contributed by atoms with E-state index >= 15 is 0 Å². The smallest absolute Gasteiger partial charge is 0.239 e. The molecular formula is C11H21FN2O. The van der Waals surface area contributed by atoms with Crippen molar-refractivity contribution < 1.29 is 9.18 Å². The molecule has 1 amide bonds. The maximum Gasteiger partial charge on any atom is 0.239 e. The van der Waals surface area contributed by atoms with E-state index < -0.39 is 11.7 Å². The van der Waals surface area contributed by atoms with Crippen molar-refractivity contribution in [2.75, 3.05) is 13.1 Å². The lowest BCUT2D eigenvalue weighted by atomic mass is 9.94. The van der Waals surface area contributed by atoms with Crippen LogP contribution in [0.5, 0.6) is 0 Å². The SMILES string of the molecule is CC(C)[C@H](N)C(=O)N1CCC(C)(F)CC1. The van der Waals surface area contributed by atoms with Gasteiger partial charge < -0.3 is 10.6 Å². The lowest BCUT2D eigenvalue weighted by Gasteiger charge is -2.36. The summed E-state index contributed by atoms with van der Waals surface area (Å²) in [6.07, 6.45) is 0.840. The zero-order valence-electron chi connectivity index (χ0n) is 9.79. The number of carbonyl (C=O) groups excluding carboxylic acids is 1. The van der Waals surface area contributed by atoms with Gasteiger partial charge in [-0.3, -0.25) is 4.79 Å². The van der Waals surface area contributed by atoms with Crippen molar-refractivity contribution in [3.8, 4) is 0 Å². The standard InChI is InChI=1S/C11H21FN2O/c1-8(2)9(13)10(15)14-6-4-11(3,12)5-7-14/h8-9H,4-7,13H2,1-3H3/t9-/m0/s1. The quantitative estimate of drug-likeness (QED) is 0.756. The van der Waals surface area contributed by atoms with Crippen LogP contribution in [-0.2, 0) is 4.79 Å². The van der Waals surface area contributed by atoms with E-state index in [1.54, 1.807) is 11.8 Å². The van der Waals surface area contributed by atoms with Crippen LogP contribution >= 0.6 is 0 Å². The second-order valence-corrected chi connectivity index (χ2v) is 5.01. The maximum absolute atomic E-state index is 13.5. The molecule has 0 radical (unpaired) electrons. The van der Waals surface area contributed by atoms with Gasteiger partial charge in [-0.05, 0) is 25.7 Å². The zero-order chi connectivity index (χ0) is 11.6. The Bertz CT molecular complexity index is 231. The van der Waals surface area contributed by atoms with Crippen molar-refractivity contribution in [1.29, 1.82) is 0 Å². The molecule has 1 saturated heterocycles. The molecule has 1 heterocycles. The molecule has 2 N–H and O–H groups in total. The number of carbonyl (C=O) groups is 1. The Morgan fingerprint density at radius 1 is 1.40 bits per heavy atom. The molecule has 0 aliphatic carbocycles. The monoisotopic (exact) mass is 216 g/mol. The second kappa shape index (κ2) is 4.47. The summed E-state index contributed by atoms with van der Waals surface area (Å²) in [6.45, 7) is 6.42. The fourth-order valence-corrected chi connectivity index (χ4v) is 1.69. The molecule has 0 spiro atoms. The van der Waals surface area contributed by atoms with Crippen molar-refractivity contribution in [3.05, 3.63) is 0 Å². The van der Waals surface area contributed by atoms with Crippen molar-refractivity contribution in [3.63, 3.8) is 0 Å². The summed E-state index contributed by atoms with van der Waals surface area (Å²) in [5.74, 6) is 0.0942. The van der Waals surface area contributed by atoms with E-state index in [9.17, 15) is 9.18 Å². The molecule has 1 atom stereocenters. The third-order valence-electron chi connectivity index (χ3n) is 3.12. The molecule has 0 aromatic heterocycles. The van der Waals surface area contributed by atoms with E-state index in [-0.39, 0.29) is 11.8 Å². The number of amides is 1. The Balaban J connectivity index is 2.50. The van der Waals surface area contributed by atoms with E-state index in [0.29, 0.717) is 25.9 Å². The molecule has 0 saturated carbocycles. The van der Waals surface area contributed by atoms with Crippen molar-refractivity contribution in [1.82, 2.24) is 4.90 Å². The first-order valence-electron chi connectivity index (χ1n) is 5.57. The van der Waals surface area contributed by atoms with Crippen LogP contribution in [0.4, 0.5) is 4.39 Å². The van der Waals surface area contributed by atoms with E-state index in [0.717, 1.165) is 0 Å². The fourth-order valence-electron chi connectivity index (χ4n) is 1.69. The van der Waals surface area contributed by atoms with Crippen molar-refractivity contribution >= 4 is 5.91 Å². The fraction of sp³-hybridized carbons (Fsp3) is 0.909. The number of hydrogen-bond donors (Lipinski definition) is 1. The average molecular weight is 216 g/mol. The molecule has 0 aromatic rings. The lowest BCUT2D eigenvalue weighted by molar-refractivity contribution is -0.136. The molecule has 4 heteroatoms. The summed E-state index contributed by atoms with van der Waals surface area (Å²) in [5.41, 5.74) is 4.66. The van der Waals surface area contributed by atoms with Crippen LogP contribution in [-0.4, -0.2) is 35.6 Å². The summed E-state index contributed by atoms with van der Waals surface area (Å²) in [7, 11) is 0. The molecule has 15 heavy (non-hydrogen) atoms. The number of rotatable bonds is 2. The van der Waals surface area contributed by atoms with Gasteiger partial charge in [0, 0.05) is 13.1 Å². The van der Waals surface area contributed by atoms with Gasteiger partial charge in [-0.2, -0.15) is 0 Å². The van der Waals surface area contributed by atoms with Crippen LogP contribution in [0.1, 0.15) is 33.6 Å². The van der Waals surface area contributed by atoms with Crippen molar-refractivity contribution in [2.45, 2.75) is 45.3 Å². The Morgan fingerprint density at radius 2 is 1.87 bits per heavy atom. The number of hydrogen-bond acceptors (Lipinski definition) is 2. The van der Waals surface area contributed by atoms with Crippen LogP contribution in [0, 0.1) is 5.92 Å². The Morgan fingerprint density at radius 3 is 2.27 bits per heavy atom. The van der Waals surface area contributed by atoms with Gasteiger partial charge in [0.15, 0.2) is 0 Å². The highest BCUT2D eigenvalue weighted by molar-refractivity contribution is 5.82. The Hall–Kier alpha value is -0.640. The van der Waals surface area contributed by atoms with Crippen LogP contribution < -0.4 is 5.73 Å². The molecule has 1 rings (SSSR count). The van der Waals surface area contributed by atoms with E-state index in [1.165, 1.54) is 0 Å². The number of nitrogens with zero attached hydrogens (tertiary/aromatic N) is 1. The van der Waals surface area contributed by atoms with Gasteiger partial charge in [0.1, 0.15) is 5.67 Å². The zero-order valence-corrected chi connectivity index (χ0v) is 9.79. The van der Waals surface area contributed by atoms with Crippen LogP contribution in [0.15, 0.2) is 0 Å². The van der Waals surface area contributed by atoms with Crippen LogP contribution in [0.25, 0.3) is 0 Å². The second-order valence-electron chi connectivity index (χ2n) is 5.01. The molecule has 0 aromatic carbocycles. The number of alkyl halides is 1. The van der Waals surface area contributed by atoms with E-state index in [4.69, 9.17) is 5.73 Å². The third-order valence-corrected chi connectivity index (χ3v) is 3.12. The third kappa shape index (κ3) is 3.16. The van der Waals surface area contributed by atoms with E-state index in [2.05, 4.69) is 0 Å². The molecule has 0 unspecified atom stereocenters. The lowest BCUT2D eigenvalue weighted by Crippen LogP contribution is -2.51. The van der Waals surface area contributed by atoms with Crippen molar-refractivity contribution in [2.24, 2.45) is 11.7 Å². The van der Waals surface area contributed by atoms with Gasteiger partial charge >= 0.3 is 0 Å². The van der Waals surface area contributed by atoms with Gasteiger partial charge in [-0.15, -0.1) is 0 Å². The highest BCUT2D eigenvalue weighted by atomic mass is 19.1. The van der Waals surface area contributed by atoms with Crippen LogP contribution in [0.3, 0.4) is 0 Å². The highest BCUT2D eigenvalue weighted by Crippen LogP contribution is 2.25. The number of likely N-dealkylation sites (tertiary alicyclic amines) is 1. The largest absolute Gasteiger partial charge is 0.341 e. The Labute approximate surface area is 90.8 Å². The van der Waals surface area contributed by atoms with Gasteiger partial charge in [0.25, 0.3) is 0 Å². The number of piperidine rings is 1. The number of nitrogens with two attached hydrogens (primary N) is 1. The molecule has 1 fully saturated rings. The molecule has 88 valence electrons. The van der Waals surface area contributed by atoms with Gasteiger partial charge in [-0.25, -0.2) is 4.39 Å². The normalized spacial score (nSPS) is 22.9. The predicted molar refractivity (Wildman–Crippen MR) is 58.1 cm³/mol. The Kier molecular flexibility index (Phi) is 3.71. The minimum Gasteiger partial charge on any atom is -0.341 e. The first-order valence-corrected chi connectivity index (χ1v) is 5.57. The summed E-state index contributed by atoms with van der Waals surface area (Å²) in [4.78, 5) is 13.5. The minimum absolute atomic E-state index is 0.0412. The summed E-state index contributed by atoms with van der Waals surface area (Å²) >= 11 is 0. The first-order chi connectivity index (χ1) is 6.83. The minimum atomic E-state index is -1.11. The first kappa shape index (κ1) is 12.4. The predicted octanol–water partition coefficient (Wildman–Crippen LogP) is 1.32. The summed E-state index contributed by atoms with van der Waals surface area (Å²) in [6, 6.07) is -0.450. The number of halogens is 1. The topological polar surface area (TPSA) is 46.3 Å². The maximum atomic E-state index is 13.5. The molecule has 3 nitrogen and oxygen atoms in total. The van der Waals surface area contributed by atoms with Gasteiger partial charge in [-0.1, -0.05) is 13.8 Å². The van der Waals surface area contributed by atoms with Gasteiger partial charge in [0.05, 0.1) is 6.04 Å². The molecule has 1 aliphatic heterocycles. The molecule has 0 bridgehead atoms. The summed E-state index contributed by atoms with van der Waals surface area (Å²) < 4.78 is 13.5. The van der Waals surface area contributed by atoms with Crippen LogP contribution in [0.2, 0.25) is 0 Å². The molecular weight excluding hydrogens is 195 g/mol. The van der Waals surface area contributed by atoms with Gasteiger partial charge in [0.2, 0.25) is 5.91 Å². The van der Waals surface area contributed by atoms with E-state index in [1.807, 2.05) is 13.8 Å².